The van der Waals surface area contributed by atoms with E-state index in [1.54, 1.807) is 12.3 Å². The first kappa shape index (κ1) is 19.4. The van der Waals surface area contributed by atoms with E-state index in [4.69, 9.17) is 0 Å². The summed E-state index contributed by atoms with van der Waals surface area (Å²) in [5, 5.41) is 6.00. The van der Waals surface area contributed by atoms with E-state index in [0.717, 1.165) is 28.1 Å². The fourth-order valence-electron chi connectivity index (χ4n) is 2.62. The van der Waals surface area contributed by atoms with E-state index < -0.39 is 16.9 Å². The maximum atomic E-state index is 13.4. The van der Waals surface area contributed by atoms with Crippen molar-refractivity contribution in [2.75, 3.05) is 5.32 Å². The highest BCUT2D eigenvalue weighted by Gasteiger charge is 2.18. The standard InChI is InChI=1S/C20H14F2N4OS2/c1-11(29-19-13-4-2-3-5-16(13)23-10-24-19)18(27)26-20-25-17(9-28-20)12-6-7-14(21)15(22)8-12/h2-11H,1H3,(H,25,26,27)/t11-/m1/s1. The third-order valence-corrected chi connectivity index (χ3v) is 5.99. The number of amides is 1. The van der Waals surface area contributed by atoms with Crippen molar-refractivity contribution in [3.05, 3.63) is 65.8 Å². The first-order valence-electron chi connectivity index (χ1n) is 8.59. The average molecular weight is 428 g/mol. The number of nitrogens with zero attached hydrogens (tertiary/aromatic N) is 3. The summed E-state index contributed by atoms with van der Waals surface area (Å²) < 4.78 is 26.5. The SMILES string of the molecule is C[C@@H](Sc1ncnc2ccccc12)C(=O)Nc1nc(-c2ccc(F)c(F)c2)cs1. The van der Waals surface area contributed by atoms with Crippen LogP contribution in [0.5, 0.6) is 0 Å². The second kappa shape index (κ2) is 8.22. The maximum Gasteiger partial charge on any atom is 0.239 e. The number of benzene rings is 2. The lowest BCUT2D eigenvalue weighted by Crippen LogP contribution is -2.22. The van der Waals surface area contributed by atoms with Crippen molar-refractivity contribution < 1.29 is 13.6 Å². The summed E-state index contributed by atoms with van der Waals surface area (Å²) in [5.74, 6) is -2.09. The molecule has 0 fully saturated rings. The molecule has 0 bridgehead atoms. The highest BCUT2D eigenvalue weighted by molar-refractivity contribution is 8.00. The van der Waals surface area contributed by atoms with Crippen molar-refractivity contribution in [2.24, 2.45) is 0 Å². The van der Waals surface area contributed by atoms with Gasteiger partial charge < -0.3 is 5.32 Å². The van der Waals surface area contributed by atoms with E-state index in [1.807, 2.05) is 24.3 Å². The number of hydrogen-bond acceptors (Lipinski definition) is 6. The summed E-state index contributed by atoms with van der Waals surface area (Å²) in [5.41, 5.74) is 1.72. The van der Waals surface area contributed by atoms with Gasteiger partial charge in [0.05, 0.1) is 16.5 Å². The fourth-order valence-corrected chi connectivity index (χ4v) is 4.25. The van der Waals surface area contributed by atoms with E-state index in [2.05, 4.69) is 20.3 Å². The van der Waals surface area contributed by atoms with Crippen molar-refractivity contribution in [3.63, 3.8) is 0 Å². The van der Waals surface area contributed by atoms with Gasteiger partial charge >= 0.3 is 0 Å². The summed E-state index contributed by atoms with van der Waals surface area (Å²) in [6.45, 7) is 1.78. The minimum absolute atomic E-state index is 0.233. The number of anilines is 1. The molecule has 29 heavy (non-hydrogen) atoms. The van der Waals surface area contributed by atoms with Crippen molar-refractivity contribution >= 4 is 45.0 Å². The summed E-state index contributed by atoms with van der Waals surface area (Å²) in [6, 6.07) is 11.2. The fraction of sp³-hybridized carbons (Fsp3) is 0.100. The molecule has 1 amide bonds. The van der Waals surface area contributed by atoms with Crippen LogP contribution in [-0.2, 0) is 4.79 Å². The number of fused-ring (bicyclic) bond motifs is 1. The third-order valence-electron chi connectivity index (χ3n) is 4.11. The lowest BCUT2D eigenvalue weighted by Gasteiger charge is -2.11. The normalized spacial score (nSPS) is 12.1. The molecule has 5 nitrogen and oxygen atoms in total. The average Bonchev–Trinajstić information content (AvgIpc) is 3.18. The second-order valence-electron chi connectivity index (χ2n) is 6.11. The molecule has 2 aromatic heterocycles. The highest BCUT2D eigenvalue weighted by atomic mass is 32.2. The highest BCUT2D eigenvalue weighted by Crippen LogP contribution is 2.30. The quantitative estimate of drug-likeness (QED) is 0.352. The largest absolute Gasteiger partial charge is 0.301 e. The van der Waals surface area contributed by atoms with Crippen molar-refractivity contribution in [2.45, 2.75) is 17.2 Å². The smallest absolute Gasteiger partial charge is 0.239 e. The van der Waals surface area contributed by atoms with Gasteiger partial charge in [-0.2, -0.15) is 0 Å². The Hall–Kier alpha value is -2.91. The molecule has 0 saturated heterocycles. The molecular weight excluding hydrogens is 414 g/mol. The first-order valence-corrected chi connectivity index (χ1v) is 10.4. The molecule has 4 aromatic rings. The van der Waals surface area contributed by atoms with E-state index in [9.17, 15) is 13.6 Å². The zero-order valence-corrected chi connectivity index (χ0v) is 16.7. The van der Waals surface area contributed by atoms with Crippen molar-refractivity contribution in [3.8, 4) is 11.3 Å². The lowest BCUT2D eigenvalue weighted by molar-refractivity contribution is -0.115. The molecule has 0 spiro atoms. The van der Waals surface area contributed by atoms with Crippen molar-refractivity contribution in [1.82, 2.24) is 15.0 Å². The van der Waals surface area contributed by atoms with E-state index in [0.29, 0.717) is 16.4 Å². The molecular formula is C20H14F2N4OS2. The zero-order chi connectivity index (χ0) is 20.4. The van der Waals surface area contributed by atoms with Gasteiger partial charge in [0.25, 0.3) is 0 Å². The molecule has 0 unspecified atom stereocenters. The molecule has 0 radical (unpaired) electrons. The van der Waals surface area contributed by atoms with Crippen LogP contribution in [0.4, 0.5) is 13.9 Å². The Bertz CT molecular complexity index is 1190. The van der Waals surface area contributed by atoms with Crippen LogP contribution in [0.1, 0.15) is 6.92 Å². The molecule has 2 heterocycles. The Kier molecular flexibility index (Phi) is 5.50. The molecule has 0 aliphatic heterocycles. The molecule has 9 heteroatoms. The van der Waals surface area contributed by atoms with Gasteiger partial charge in [-0.25, -0.2) is 23.7 Å². The number of carbonyl (C=O) groups is 1. The number of nitrogens with one attached hydrogen (secondary N) is 1. The Morgan fingerprint density at radius 1 is 1.14 bits per heavy atom. The first-order chi connectivity index (χ1) is 14.0. The van der Waals surface area contributed by atoms with Gasteiger partial charge in [-0.1, -0.05) is 30.0 Å². The molecule has 2 aromatic carbocycles. The Morgan fingerprint density at radius 3 is 2.79 bits per heavy atom. The minimum Gasteiger partial charge on any atom is -0.301 e. The molecule has 0 aliphatic carbocycles. The van der Waals surface area contributed by atoms with Crippen LogP contribution in [-0.4, -0.2) is 26.1 Å². The Labute approximate surface area is 173 Å². The van der Waals surface area contributed by atoms with Gasteiger partial charge in [0.1, 0.15) is 11.4 Å². The predicted molar refractivity (Wildman–Crippen MR) is 111 cm³/mol. The van der Waals surface area contributed by atoms with Gasteiger partial charge in [-0.05, 0) is 31.2 Å². The summed E-state index contributed by atoms with van der Waals surface area (Å²) in [6.07, 6.45) is 1.48. The van der Waals surface area contributed by atoms with Crippen LogP contribution in [0.25, 0.3) is 22.2 Å². The van der Waals surface area contributed by atoms with Gasteiger partial charge in [0, 0.05) is 16.3 Å². The number of aromatic nitrogens is 3. The lowest BCUT2D eigenvalue weighted by atomic mass is 10.2. The molecule has 0 saturated carbocycles. The van der Waals surface area contributed by atoms with Crippen LogP contribution in [0.3, 0.4) is 0 Å². The van der Waals surface area contributed by atoms with Crippen LogP contribution in [0.15, 0.2) is 59.2 Å². The number of carbonyl (C=O) groups excluding carboxylic acids is 1. The van der Waals surface area contributed by atoms with E-state index in [1.165, 1.54) is 35.5 Å². The Balaban J connectivity index is 1.46. The van der Waals surface area contributed by atoms with E-state index in [-0.39, 0.29) is 5.91 Å². The van der Waals surface area contributed by atoms with Crippen LogP contribution >= 0.6 is 23.1 Å². The number of hydrogen-bond donors (Lipinski definition) is 1. The number of para-hydroxylation sites is 1. The Morgan fingerprint density at radius 2 is 1.97 bits per heavy atom. The number of thioether (sulfide) groups is 1. The second-order valence-corrected chi connectivity index (χ2v) is 8.30. The molecule has 1 atom stereocenters. The molecule has 146 valence electrons. The number of halogens is 2. The summed E-state index contributed by atoms with van der Waals surface area (Å²) in [7, 11) is 0. The van der Waals surface area contributed by atoms with Gasteiger partial charge in [0.15, 0.2) is 16.8 Å². The third kappa shape index (κ3) is 4.25. The monoisotopic (exact) mass is 428 g/mol. The van der Waals surface area contributed by atoms with Gasteiger partial charge in [0.2, 0.25) is 5.91 Å². The topological polar surface area (TPSA) is 67.8 Å². The van der Waals surface area contributed by atoms with Crippen LogP contribution in [0, 0.1) is 11.6 Å². The van der Waals surface area contributed by atoms with E-state index >= 15 is 0 Å². The molecule has 4 rings (SSSR count). The van der Waals surface area contributed by atoms with Gasteiger partial charge in [-0.3, -0.25) is 4.79 Å². The van der Waals surface area contributed by atoms with Gasteiger partial charge in [-0.15, -0.1) is 11.3 Å². The maximum absolute atomic E-state index is 13.4. The van der Waals surface area contributed by atoms with Crippen LogP contribution < -0.4 is 5.32 Å². The molecule has 1 N–H and O–H groups in total. The van der Waals surface area contributed by atoms with Crippen LogP contribution in [0.2, 0.25) is 0 Å². The van der Waals surface area contributed by atoms with Crippen molar-refractivity contribution in [1.29, 1.82) is 0 Å². The minimum atomic E-state index is -0.941. The number of thiazole rings is 1. The number of rotatable bonds is 5. The molecule has 0 aliphatic rings. The zero-order valence-electron chi connectivity index (χ0n) is 15.1. The summed E-state index contributed by atoms with van der Waals surface area (Å²) >= 11 is 2.54. The summed E-state index contributed by atoms with van der Waals surface area (Å²) in [4.78, 5) is 25.4. The predicted octanol–water partition coefficient (Wildman–Crippen LogP) is 5.15.